The minimum Gasteiger partial charge on any atom is -0.373 e. The van der Waals surface area contributed by atoms with Crippen molar-refractivity contribution >= 4 is 5.78 Å². The van der Waals surface area contributed by atoms with Crippen LogP contribution in [0, 0.1) is 5.41 Å². The van der Waals surface area contributed by atoms with Gasteiger partial charge in [-0.3, -0.25) is 9.69 Å². The Hall–Kier alpha value is -1.97. The number of rotatable bonds is 5. The van der Waals surface area contributed by atoms with Gasteiger partial charge in [0.15, 0.2) is 5.78 Å². The molecule has 1 heterocycles. The van der Waals surface area contributed by atoms with E-state index in [2.05, 4.69) is 41.3 Å². The first-order valence-corrected chi connectivity index (χ1v) is 8.69. The van der Waals surface area contributed by atoms with Gasteiger partial charge in [0.2, 0.25) is 0 Å². The molecule has 0 bridgehead atoms. The molecule has 2 fully saturated rings. The van der Waals surface area contributed by atoms with Gasteiger partial charge in [-0.05, 0) is 24.0 Å². The fourth-order valence-electron chi connectivity index (χ4n) is 3.97. The molecule has 0 aromatic heterocycles. The minimum absolute atomic E-state index is 0.143. The number of Topliss-reactive ketones (excluding diaryl/α,β-unsaturated/α-hetero) is 1. The van der Waals surface area contributed by atoms with Crippen molar-refractivity contribution in [2.24, 2.45) is 5.41 Å². The predicted octanol–water partition coefficient (Wildman–Crippen LogP) is 3.44. The van der Waals surface area contributed by atoms with Gasteiger partial charge in [0.1, 0.15) is 0 Å². The molecule has 0 amide bonds. The van der Waals surface area contributed by atoms with Crippen molar-refractivity contribution < 1.29 is 9.53 Å². The molecule has 0 radical (unpaired) electrons. The summed E-state index contributed by atoms with van der Waals surface area (Å²) in [5.41, 5.74) is 2.33. The summed E-state index contributed by atoms with van der Waals surface area (Å²) in [6.45, 7) is 2.97. The standard InChI is InChI=1S/C21H23NO2/c23-20-14-22(13-17-7-3-1-4-8-17)16-21(20)11-19(12-21)24-15-18-9-5-2-6-10-18/h1-10,19H,11-16H2. The van der Waals surface area contributed by atoms with E-state index in [-0.39, 0.29) is 11.5 Å². The Balaban J connectivity index is 1.29. The molecule has 1 saturated heterocycles. The number of hydrogen-bond donors (Lipinski definition) is 0. The van der Waals surface area contributed by atoms with Crippen LogP contribution in [0.15, 0.2) is 60.7 Å². The first-order chi connectivity index (χ1) is 11.7. The summed E-state index contributed by atoms with van der Waals surface area (Å²) in [4.78, 5) is 14.8. The molecule has 2 aliphatic rings. The average Bonchev–Trinajstić information content (AvgIpc) is 2.90. The van der Waals surface area contributed by atoms with Crippen LogP contribution >= 0.6 is 0 Å². The fourth-order valence-corrected chi connectivity index (χ4v) is 3.97. The van der Waals surface area contributed by atoms with Crippen LogP contribution in [-0.4, -0.2) is 29.9 Å². The Kier molecular flexibility index (Phi) is 4.21. The largest absolute Gasteiger partial charge is 0.373 e. The highest BCUT2D eigenvalue weighted by Gasteiger charge is 2.54. The summed E-state index contributed by atoms with van der Waals surface area (Å²) in [5, 5.41) is 0. The molecule has 0 N–H and O–H groups in total. The lowest BCUT2D eigenvalue weighted by atomic mass is 9.65. The van der Waals surface area contributed by atoms with Crippen LogP contribution in [0.2, 0.25) is 0 Å². The van der Waals surface area contributed by atoms with E-state index in [1.54, 1.807) is 0 Å². The van der Waals surface area contributed by atoms with E-state index < -0.39 is 0 Å². The lowest BCUT2D eigenvalue weighted by Gasteiger charge is -2.43. The molecular formula is C21H23NO2. The smallest absolute Gasteiger partial charge is 0.154 e. The van der Waals surface area contributed by atoms with E-state index in [9.17, 15) is 4.79 Å². The SMILES string of the molecule is O=C1CN(Cc2ccccc2)CC12CC(OCc1ccccc1)C2. The van der Waals surface area contributed by atoms with Crippen molar-refractivity contribution in [3.63, 3.8) is 0 Å². The Labute approximate surface area is 143 Å². The monoisotopic (exact) mass is 321 g/mol. The first-order valence-electron chi connectivity index (χ1n) is 8.69. The Bertz CT molecular complexity index is 692. The second kappa shape index (κ2) is 6.50. The number of hydrogen-bond acceptors (Lipinski definition) is 3. The molecule has 2 aromatic rings. The highest BCUT2D eigenvalue weighted by molar-refractivity contribution is 5.90. The molecule has 4 rings (SSSR count). The van der Waals surface area contributed by atoms with Crippen molar-refractivity contribution in [2.45, 2.75) is 32.1 Å². The van der Waals surface area contributed by atoms with Crippen molar-refractivity contribution in [1.29, 1.82) is 0 Å². The highest BCUT2D eigenvalue weighted by atomic mass is 16.5. The summed E-state index contributed by atoms with van der Waals surface area (Å²) in [5.74, 6) is 0.401. The van der Waals surface area contributed by atoms with Gasteiger partial charge < -0.3 is 4.74 Å². The molecule has 124 valence electrons. The number of ether oxygens (including phenoxy) is 1. The van der Waals surface area contributed by atoms with Crippen molar-refractivity contribution in [2.75, 3.05) is 13.1 Å². The summed E-state index contributed by atoms with van der Waals surface area (Å²) in [6.07, 6.45) is 1.99. The Morgan fingerprint density at radius 3 is 2.25 bits per heavy atom. The lowest BCUT2D eigenvalue weighted by Crippen LogP contribution is -2.48. The third-order valence-electron chi connectivity index (χ3n) is 5.30. The van der Waals surface area contributed by atoms with Crippen molar-refractivity contribution in [3.05, 3.63) is 71.8 Å². The zero-order valence-electron chi connectivity index (χ0n) is 13.9. The second-order valence-electron chi connectivity index (χ2n) is 7.16. The number of carbonyl (C=O) groups excluding carboxylic acids is 1. The van der Waals surface area contributed by atoms with E-state index in [4.69, 9.17) is 4.74 Å². The first kappa shape index (κ1) is 15.6. The third kappa shape index (κ3) is 3.14. The van der Waals surface area contributed by atoms with Crippen LogP contribution in [0.5, 0.6) is 0 Å². The topological polar surface area (TPSA) is 29.5 Å². The quantitative estimate of drug-likeness (QED) is 0.845. The maximum absolute atomic E-state index is 12.5. The number of carbonyl (C=O) groups is 1. The van der Waals surface area contributed by atoms with E-state index in [0.717, 1.165) is 25.9 Å². The van der Waals surface area contributed by atoms with Gasteiger partial charge in [-0.2, -0.15) is 0 Å². The lowest BCUT2D eigenvalue weighted by molar-refractivity contribution is -0.141. The van der Waals surface area contributed by atoms with Crippen molar-refractivity contribution in [1.82, 2.24) is 4.90 Å². The maximum Gasteiger partial charge on any atom is 0.154 e. The van der Waals surface area contributed by atoms with E-state index >= 15 is 0 Å². The predicted molar refractivity (Wildman–Crippen MR) is 93.4 cm³/mol. The Morgan fingerprint density at radius 1 is 0.958 bits per heavy atom. The summed E-state index contributed by atoms with van der Waals surface area (Å²) in [6, 6.07) is 20.6. The molecule has 2 aromatic carbocycles. The zero-order valence-corrected chi connectivity index (χ0v) is 13.9. The van der Waals surface area contributed by atoms with Crippen LogP contribution < -0.4 is 0 Å². The van der Waals surface area contributed by atoms with Gasteiger partial charge in [-0.25, -0.2) is 0 Å². The zero-order chi connectivity index (χ0) is 16.4. The van der Waals surface area contributed by atoms with Crippen LogP contribution in [0.1, 0.15) is 24.0 Å². The van der Waals surface area contributed by atoms with Gasteiger partial charge in [0, 0.05) is 18.5 Å². The van der Waals surface area contributed by atoms with Gasteiger partial charge in [0.05, 0.1) is 19.3 Å². The van der Waals surface area contributed by atoms with Gasteiger partial charge in [-0.1, -0.05) is 60.7 Å². The number of likely N-dealkylation sites (tertiary alicyclic amines) is 1. The summed E-state index contributed by atoms with van der Waals surface area (Å²) >= 11 is 0. The summed E-state index contributed by atoms with van der Waals surface area (Å²) in [7, 11) is 0. The molecule has 1 aliphatic heterocycles. The third-order valence-corrected chi connectivity index (χ3v) is 5.30. The average molecular weight is 321 g/mol. The van der Waals surface area contributed by atoms with Gasteiger partial charge in [-0.15, -0.1) is 0 Å². The van der Waals surface area contributed by atoms with Crippen LogP contribution in [0.3, 0.4) is 0 Å². The molecule has 3 nitrogen and oxygen atoms in total. The number of benzene rings is 2. The van der Waals surface area contributed by atoms with E-state index in [1.807, 2.05) is 24.3 Å². The molecule has 1 aliphatic carbocycles. The normalized spacial score (nSPS) is 26.7. The van der Waals surface area contributed by atoms with E-state index in [0.29, 0.717) is 18.9 Å². The molecule has 1 spiro atoms. The molecule has 0 atom stereocenters. The summed E-state index contributed by atoms with van der Waals surface area (Å²) < 4.78 is 5.98. The molecule has 0 unspecified atom stereocenters. The number of ketones is 1. The fraction of sp³-hybridized carbons (Fsp3) is 0.381. The molecule has 3 heteroatoms. The number of nitrogens with zero attached hydrogens (tertiary/aromatic N) is 1. The van der Waals surface area contributed by atoms with Crippen molar-refractivity contribution in [3.8, 4) is 0 Å². The Morgan fingerprint density at radius 2 is 1.58 bits per heavy atom. The van der Waals surface area contributed by atoms with Gasteiger partial charge >= 0.3 is 0 Å². The second-order valence-corrected chi connectivity index (χ2v) is 7.16. The maximum atomic E-state index is 12.5. The minimum atomic E-state index is -0.143. The molecule has 24 heavy (non-hydrogen) atoms. The molecular weight excluding hydrogens is 298 g/mol. The van der Waals surface area contributed by atoms with E-state index in [1.165, 1.54) is 11.1 Å². The van der Waals surface area contributed by atoms with Crippen LogP contribution in [0.4, 0.5) is 0 Å². The van der Waals surface area contributed by atoms with Gasteiger partial charge in [0.25, 0.3) is 0 Å². The van der Waals surface area contributed by atoms with Crippen LogP contribution in [-0.2, 0) is 22.7 Å². The molecule has 1 saturated carbocycles. The highest BCUT2D eigenvalue weighted by Crippen LogP contribution is 2.47. The van der Waals surface area contributed by atoms with Crippen LogP contribution in [0.25, 0.3) is 0 Å².